The standard InChI is InChI=1S/C24H29N3O2S/c1-3-4-5-11-16-29-20-15-10-9-14-19(20)22-21(17(2)25-24(30)27-22)23(28)26-18-12-7-6-8-13-18/h6-10,12-15,22H,3-5,11,16H2,1-2H3,(H,26,28)(H2,25,27,30)/t22-/m1/s1. The van der Waals surface area contributed by atoms with Gasteiger partial charge in [0.1, 0.15) is 5.75 Å². The molecule has 1 amide bonds. The highest BCUT2D eigenvalue weighted by atomic mass is 32.1. The Labute approximate surface area is 183 Å². The zero-order valence-corrected chi connectivity index (χ0v) is 18.4. The zero-order chi connectivity index (χ0) is 21.3. The Kier molecular flexibility index (Phi) is 7.85. The Morgan fingerprint density at radius 1 is 1.07 bits per heavy atom. The summed E-state index contributed by atoms with van der Waals surface area (Å²) in [6.45, 7) is 4.72. The van der Waals surface area contributed by atoms with Crippen LogP contribution in [0.25, 0.3) is 0 Å². The fourth-order valence-corrected chi connectivity index (χ4v) is 3.78. The van der Waals surface area contributed by atoms with E-state index in [9.17, 15) is 4.79 Å². The number of ether oxygens (including phenoxy) is 1. The van der Waals surface area contributed by atoms with Gasteiger partial charge >= 0.3 is 0 Å². The van der Waals surface area contributed by atoms with Gasteiger partial charge in [-0.05, 0) is 43.8 Å². The smallest absolute Gasteiger partial charge is 0.255 e. The molecule has 0 aliphatic carbocycles. The molecule has 0 saturated heterocycles. The summed E-state index contributed by atoms with van der Waals surface area (Å²) in [5.41, 5.74) is 2.97. The molecule has 0 fully saturated rings. The lowest BCUT2D eigenvalue weighted by Gasteiger charge is -2.31. The highest BCUT2D eigenvalue weighted by Crippen LogP contribution is 2.33. The highest BCUT2D eigenvalue weighted by molar-refractivity contribution is 7.80. The maximum absolute atomic E-state index is 13.2. The van der Waals surface area contributed by atoms with Crippen LogP contribution in [0.2, 0.25) is 0 Å². The minimum Gasteiger partial charge on any atom is -0.493 e. The van der Waals surface area contributed by atoms with Crippen molar-refractivity contribution in [2.45, 2.75) is 45.6 Å². The summed E-state index contributed by atoms with van der Waals surface area (Å²) in [6.07, 6.45) is 4.56. The van der Waals surface area contributed by atoms with E-state index < -0.39 is 6.04 Å². The normalized spacial score (nSPS) is 15.9. The van der Waals surface area contributed by atoms with E-state index in [1.807, 2.05) is 61.5 Å². The van der Waals surface area contributed by atoms with E-state index in [0.717, 1.165) is 35.5 Å². The minimum absolute atomic E-state index is 0.177. The van der Waals surface area contributed by atoms with E-state index in [4.69, 9.17) is 17.0 Å². The quantitative estimate of drug-likeness (QED) is 0.388. The van der Waals surface area contributed by atoms with Gasteiger partial charge in [0.2, 0.25) is 0 Å². The van der Waals surface area contributed by atoms with E-state index in [2.05, 4.69) is 22.9 Å². The number of rotatable bonds is 9. The van der Waals surface area contributed by atoms with E-state index in [-0.39, 0.29) is 5.91 Å². The van der Waals surface area contributed by atoms with Crippen LogP contribution in [0.3, 0.4) is 0 Å². The molecule has 3 rings (SSSR count). The van der Waals surface area contributed by atoms with Gasteiger partial charge in [0, 0.05) is 16.9 Å². The van der Waals surface area contributed by atoms with Gasteiger partial charge in [-0.2, -0.15) is 0 Å². The van der Waals surface area contributed by atoms with Gasteiger partial charge in [-0.25, -0.2) is 0 Å². The van der Waals surface area contributed by atoms with E-state index in [0.29, 0.717) is 17.3 Å². The SMILES string of the molecule is CCCCCCOc1ccccc1[C@H]1NC(=S)NC(C)=C1C(=O)Nc1ccccc1. The summed E-state index contributed by atoms with van der Waals surface area (Å²) in [6, 6.07) is 16.9. The molecule has 2 aromatic carbocycles. The van der Waals surface area contributed by atoms with Crippen LogP contribution in [0.1, 0.15) is 51.1 Å². The number of amides is 1. The fraction of sp³-hybridized carbons (Fsp3) is 0.333. The van der Waals surface area contributed by atoms with Crippen molar-refractivity contribution >= 4 is 28.9 Å². The van der Waals surface area contributed by atoms with Crippen LogP contribution in [0.5, 0.6) is 5.75 Å². The molecule has 158 valence electrons. The van der Waals surface area contributed by atoms with Crippen molar-refractivity contribution in [2.75, 3.05) is 11.9 Å². The van der Waals surface area contributed by atoms with Crippen LogP contribution in [-0.2, 0) is 4.79 Å². The Bertz CT molecular complexity index is 912. The van der Waals surface area contributed by atoms with Gasteiger partial charge < -0.3 is 20.7 Å². The van der Waals surface area contributed by atoms with Gasteiger partial charge in [-0.1, -0.05) is 62.6 Å². The van der Waals surface area contributed by atoms with Gasteiger partial charge in [-0.3, -0.25) is 4.79 Å². The monoisotopic (exact) mass is 423 g/mol. The summed E-state index contributed by atoms with van der Waals surface area (Å²) in [4.78, 5) is 13.2. The Hall–Kier alpha value is -2.86. The second kappa shape index (κ2) is 10.8. The maximum atomic E-state index is 13.2. The molecule has 5 nitrogen and oxygen atoms in total. The largest absolute Gasteiger partial charge is 0.493 e. The fourth-order valence-electron chi connectivity index (χ4n) is 3.51. The van der Waals surface area contributed by atoms with Gasteiger partial charge in [0.15, 0.2) is 5.11 Å². The molecular formula is C24H29N3O2S. The number of benzene rings is 2. The van der Waals surface area contributed by atoms with Crippen molar-refractivity contribution in [2.24, 2.45) is 0 Å². The van der Waals surface area contributed by atoms with Crippen molar-refractivity contribution in [3.05, 3.63) is 71.4 Å². The van der Waals surface area contributed by atoms with Gasteiger partial charge in [-0.15, -0.1) is 0 Å². The van der Waals surface area contributed by atoms with Crippen LogP contribution >= 0.6 is 12.2 Å². The first-order valence-corrected chi connectivity index (χ1v) is 10.9. The first-order chi connectivity index (χ1) is 14.6. The van der Waals surface area contributed by atoms with Crippen molar-refractivity contribution in [1.82, 2.24) is 10.6 Å². The molecule has 6 heteroatoms. The number of unbranched alkanes of at least 4 members (excludes halogenated alkanes) is 3. The first-order valence-electron chi connectivity index (χ1n) is 10.5. The lowest BCUT2D eigenvalue weighted by molar-refractivity contribution is -0.113. The molecule has 0 radical (unpaired) electrons. The minimum atomic E-state index is -0.394. The van der Waals surface area contributed by atoms with Crippen LogP contribution < -0.4 is 20.7 Å². The summed E-state index contributed by atoms with van der Waals surface area (Å²) in [5.74, 6) is 0.595. The molecule has 1 aliphatic heterocycles. The third-order valence-electron chi connectivity index (χ3n) is 5.03. The Morgan fingerprint density at radius 3 is 2.57 bits per heavy atom. The van der Waals surface area contributed by atoms with E-state index in [1.165, 1.54) is 12.8 Å². The molecule has 1 heterocycles. The lowest BCUT2D eigenvalue weighted by Crippen LogP contribution is -2.45. The number of anilines is 1. The highest BCUT2D eigenvalue weighted by Gasteiger charge is 2.31. The Morgan fingerprint density at radius 2 is 1.80 bits per heavy atom. The van der Waals surface area contributed by atoms with E-state index in [1.54, 1.807) is 0 Å². The first kappa shape index (κ1) is 21.8. The number of carbonyl (C=O) groups is 1. The third kappa shape index (κ3) is 5.60. The zero-order valence-electron chi connectivity index (χ0n) is 17.5. The summed E-state index contributed by atoms with van der Waals surface area (Å²) in [7, 11) is 0. The molecule has 0 unspecified atom stereocenters. The number of thiocarbonyl (C=S) groups is 1. The molecule has 0 spiro atoms. The molecule has 1 aliphatic rings. The second-order valence-corrected chi connectivity index (χ2v) is 7.75. The average molecular weight is 424 g/mol. The molecule has 2 aromatic rings. The molecule has 30 heavy (non-hydrogen) atoms. The summed E-state index contributed by atoms with van der Waals surface area (Å²) >= 11 is 5.38. The van der Waals surface area contributed by atoms with Crippen LogP contribution in [0.15, 0.2) is 65.9 Å². The van der Waals surface area contributed by atoms with Crippen molar-refractivity contribution in [1.29, 1.82) is 0 Å². The molecule has 3 N–H and O–H groups in total. The van der Waals surface area contributed by atoms with Crippen molar-refractivity contribution in [3.8, 4) is 5.75 Å². The summed E-state index contributed by atoms with van der Waals surface area (Å²) in [5, 5.41) is 9.81. The number of para-hydroxylation sites is 2. The molecule has 0 saturated carbocycles. The van der Waals surface area contributed by atoms with Crippen molar-refractivity contribution < 1.29 is 9.53 Å². The summed E-state index contributed by atoms with van der Waals surface area (Å²) < 4.78 is 6.10. The average Bonchev–Trinajstić information content (AvgIpc) is 2.74. The van der Waals surface area contributed by atoms with Crippen LogP contribution in [0.4, 0.5) is 5.69 Å². The van der Waals surface area contributed by atoms with Crippen LogP contribution in [0, 0.1) is 0 Å². The molecule has 1 atom stereocenters. The molecule has 0 aromatic heterocycles. The molecule has 0 bridgehead atoms. The predicted octanol–water partition coefficient (Wildman–Crippen LogP) is 5.08. The van der Waals surface area contributed by atoms with Gasteiger partial charge in [0.05, 0.1) is 18.2 Å². The third-order valence-corrected chi connectivity index (χ3v) is 5.25. The van der Waals surface area contributed by atoms with Crippen LogP contribution in [-0.4, -0.2) is 17.6 Å². The van der Waals surface area contributed by atoms with Gasteiger partial charge in [0.25, 0.3) is 5.91 Å². The number of allylic oxidation sites excluding steroid dienone is 1. The maximum Gasteiger partial charge on any atom is 0.255 e. The van der Waals surface area contributed by atoms with Crippen molar-refractivity contribution in [3.63, 3.8) is 0 Å². The number of hydrogen-bond acceptors (Lipinski definition) is 3. The Balaban J connectivity index is 1.84. The topological polar surface area (TPSA) is 62.4 Å². The van der Waals surface area contributed by atoms with E-state index >= 15 is 0 Å². The number of nitrogens with one attached hydrogen (secondary N) is 3. The number of hydrogen-bond donors (Lipinski definition) is 3. The predicted molar refractivity (Wildman–Crippen MR) is 125 cm³/mol. The second-order valence-electron chi connectivity index (χ2n) is 7.34. The molecular weight excluding hydrogens is 394 g/mol. The number of carbonyl (C=O) groups excluding carboxylic acids is 1. The lowest BCUT2D eigenvalue weighted by atomic mass is 9.94.